The Labute approximate surface area is 172 Å². The zero-order valence-corrected chi connectivity index (χ0v) is 18.0. The first-order valence-electron chi connectivity index (χ1n) is 10.9. The van der Waals surface area contributed by atoms with Crippen molar-refractivity contribution < 1.29 is 24.2 Å². The molecule has 3 saturated carbocycles. The molecule has 3 fully saturated rings. The lowest BCUT2D eigenvalue weighted by Gasteiger charge is -2.63. The van der Waals surface area contributed by atoms with Gasteiger partial charge in [0.1, 0.15) is 6.10 Å². The fourth-order valence-corrected chi connectivity index (χ4v) is 7.73. The van der Waals surface area contributed by atoms with Crippen LogP contribution in [0.25, 0.3) is 0 Å². The third-order valence-electron chi connectivity index (χ3n) is 9.70. The molecular formula is C24H33FO4. The normalized spacial score (nSPS) is 52.3. The van der Waals surface area contributed by atoms with Gasteiger partial charge in [0.15, 0.2) is 17.2 Å². The van der Waals surface area contributed by atoms with E-state index >= 15 is 4.39 Å². The highest BCUT2D eigenvalue weighted by Crippen LogP contribution is 2.73. The van der Waals surface area contributed by atoms with Gasteiger partial charge in [-0.25, -0.2) is 4.39 Å². The van der Waals surface area contributed by atoms with Gasteiger partial charge >= 0.3 is 0 Å². The van der Waals surface area contributed by atoms with Gasteiger partial charge in [-0.3, -0.25) is 9.59 Å². The lowest BCUT2D eigenvalue weighted by Crippen LogP contribution is -2.68. The molecule has 160 valence electrons. The fourth-order valence-electron chi connectivity index (χ4n) is 7.73. The van der Waals surface area contributed by atoms with Gasteiger partial charge in [-0.15, -0.1) is 0 Å². The number of Topliss-reactive ketones (excluding diaryl/α,β-unsaturated/α-hetero) is 1. The van der Waals surface area contributed by atoms with Crippen molar-refractivity contribution in [2.75, 3.05) is 0 Å². The molecule has 4 aliphatic rings. The fraction of sp³-hybridized carbons (Fsp3) is 0.750. The summed E-state index contributed by atoms with van der Waals surface area (Å²) in [6, 6.07) is 0. The van der Waals surface area contributed by atoms with Crippen LogP contribution in [0.15, 0.2) is 23.8 Å². The highest BCUT2D eigenvalue weighted by atomic mass is 19.1. The second-order valence-electron chi connectivity index (χ2n) is 10.6. The summed E-state index contributed by atoms with van der Waals surface area (Å²) in [5.41, 5.74) is -3.53. The molecule has 29 heavy (non-hydrogen) atoms. The van der Waals surface area contributed by atoms with Gasteiger partial charge < -0.3 is 10.2 Å². The molecule has 5 heteroatoms. The Hall–Kier alpha value is -1.33. The Morgan fingerprint density at radius 2 is 1.93 bits per heavy atom. The van der Waals surface area contributed by atoms with E-state index in [2.05, 4.69) is 0 Å². The number of hydrogen-bond acceptors (Lipinski definition) is 4. The predicted octanol–water partition coefficient (Wildman–Crippen LogP) is 3.56. The number of halogens is 1. The lowest BCUT2D eigenvalue weighted by molar-refractivity contribution is -0.206. The van der Waals surface area contributed by atoms with Gasteiger partial charge in [0, 0.05) is 16.7 Å². The van der Waals surface area contributed by atoms with Crippen LogP contribution >= 0.6 is 0 Å². The van der Waals surface area contributed by atoms with Gasteiger partial charge in [-0.05, 0) is 68.9 Å². The molecule has 0 saturated heterocycles. The maximum absolute atomic E-state index is 17.0. The van der Waals surface area contributed by atoms with E-state index in [-0.39, 0.29) is 29.8 Å². The Kier molecular flexibility index (Phi) is 4.40. The van der Waals surface area contributed by atoms with Gasteiger partial charge in [0.05, 0.1) is 6.10 Å². The second-order valence-corrected chi connectivity index (χ2v) is 10.6. The summed E-state index contributed by atoms with van der Waals surface area (Å²) in [5.74, 6) is -0.814. The molecule has 4 rings (SSSR count). The number of rotatable bonds is 2. The van der Waals surface area contributed by atoms with Crippen molar-refractivity contribution in [1.82, 2.24) is 0 Å². The highest BCUT2D eigenvalue weighted by molar-refractivity contribution is 6.01. The van der Waals surface area contributed by atoms with Crippen LogP contribution < -0.4 is 0 Å². The van der Waals surface area contributed by atoms with Crippen LogP contribution in [0.3, 0.4) is 0 Å². The van der Waals surface area contributed by atoms with Crippen LogP contribution in [-0.2, 0) is 9.59 Å². The molecule has 9 atom stereocenters. The molecule has 0 radical (unpaired) electrons. The molecule has 0 aromatic carbocycles. The SMILES string of the molecule is CC(O)C(=O)[C@@]1(C)C(C)C[C@H]2[C@@H]3CCC4=CC(=O)C=C[C@]4(C)[C@@]3(F)C(O)C[C@@]21C. The number of allylic oxidation sites excluding steroid dienone is 4. The summed E-state index contributed by atoms with van der Waals surface area (Å²) >= 11 is 0. The van der Waals surface area contributed by atoms with E-state index in [1.165, 1.54) is 19.1 Å². The lowest BCUT2D eigenvalue weighted by atomic mass is 9.43. The minimum atomic E-state index is -1.88. The molecule has 0 aromatic heterocycles. The van der Waals surface area contributed by atoms with Crippen molar-refractivity contribution >= 4 is 11.6 Å². The number of ketones is 2. The van der Waals surface area contributed by atoms with E-state index in [0.29, 0.717) is 19.3 Å². The Morgan fingerprint density at radius 3 is 2.55 bits per heavy atom. The molecule has 0 aliphatic heterocycles. The van der Waals surface area contributed by atoms with E-state index in [4.69, 9.17) is 0 Å². The van der Waals surface area contributed by atoms with E-state index in [1.807, 2.05) is 20.8 Å². The van der Waals surface area contributed by atoms with Gasteiger partial charge in [0.2, 0.25) is 0 Å². The van der Waals surface area contributed by atoms with Crippen LogP contribution in [0.1, 0.15) is 60.3 Å². The molecule has 4 aliphatic carbocycles. The van der Waals surface area contributed by atoms with E-state index in [9.17, 15) is 19.8 Å². The minimum Gasteiger partial charge on any atom is -0.390 e. The van der Waals surface area contributed by atoms with Crippen LogP contribution in [0.4, 0.5) is 4.39 Å². The third kappa shape index (κ3) is 2.26. The van der Waals surface area contributed by atoms with Gasteiger partial charge in [-0.2, -0.15) is 0 Å². The van der Waals surface area contributed by atoms with E-state index in [0.717, 1.165) is 5.57 Å². The maximum Gasteiger partial charge on any atom is 0.178 e. The first-order chi connectivity index (χ1) is 13.3. The standard InChI is InChI=1S/C24H33FO4/c1-13-10-18-17-7-6-15-11-16(27)8-9-21(15,3)24(17,25)19(28)12-22(18,4)23(13,5)20(29)14(2)26/h8-9,11,13-14,17-19,26,28H,6-7,10,12H2,1-5H3/t13?,14?,17-,18-,19?,21-,22-,23+,24-/m0/s1. The topological polar surface area (TPSA) is 74.6 Å². The Balaban J connectivity index is 1.83. The van der Waals surface area contributed by atoms with Crippen molar-refractivity contribution in [3.8, 4) is 0 Å². The molecule has 0 spiro atoms. The quantitative estimate of drug-likeness (QED) is 0.738. The third-order valence-corrected chi connectivity index (χ3v) is 9.70. The first kappa shape index (κ1) is 20.9. The van der Waals surface area contributed by atoms with Crippen molar-refractivity contribution in [3.05, 3.63) is 23.8 Å². The van der Waals surface area contributed by atoms with Crippen molar-refractivity contribution in [3.63, 3.8) is 0 Å². The molecule has 0 aromatic rings. The molecule has 0 bridgehead atoms. The number of hydrogen-bond donors (Lipinski definition) is 2. The largest absolute Gasteiger partial charge is 0.390 e. The minimum absolute atomic E-state index is 0.0117. The smallest absolute Gasteiger partial charge is 0.178 e. The average Bonchev–Trinajstić information content (AvgIpc) is 2.84. The molecular weight excluding hydrogens is 371 g/mol. The predicted molar refractivity (Wildman–Crippen MR) is 108 cm³/mol. The molecule has 4 nitrogen and oxygen atoms in total. The van der Waals surface area contributed by atoms with Crippen LogP contribution in [0, 0.1) is 34.0 Å². The van der Waals surface area contributed by atoms with Crippen molar-refractivity contribution in [2.24, 2.45) is 34.0 Å². The summed E-state index contributed by atoms with van der Waals surface area (Å²) in [5, 5.41) is 21.4. The van der Waals surface area contributed by atoms with Crippen LogP contribution in [0.5, 0.6) is 0 Å². The van der Waals surface area contributed by atoms with Gasteiger partial charge in [0.25, 0.3) is 0 Å². The Bertz CT molecular complexity index is 831. The summed E-state index contributed by atoms with van der Waals surface area (Å²) in [6.45, 7) is 9.24. The summed E-state index contributed by atoms with van der Waals surface area (Å²) in [7, 11) is 0. The first-order valence-corrected chi connectivity index (χ1v) is 10.9. The molecule has 2 N–H and O–H groups in total. The number of fused-ring (bicyclic) bond motifs is 5. The number of aliphatic hydroxyl groups is 2. The highest BCUT2D eigenvalue weighted by Gasteiger charge is 2.74. The van der Waals surface area contributed by atoms with Gasteiger partial charge in [-0.1, -0.05) is 32.4 Å². The van der Waals surface area contributed by atoms with E-state index < -0.39 is 40.0 Å². The average molecular weight is 405 g/mol. The summed E-state index contributed by atoms with van der Waals surface area (Å²) in [4.78, 5) is 25.0. The zero-order chi connectivity index (χ0) is 21.6. The maximum atomic E-state index is 17.0. The van der Waals surface area contributed by atoms with Crippen molar-refractivity contribution in [1.29, 1.82) is 0 Å². The second kappa shape index (κ2) is 6.10. The summed E-state index contributed by atoms with van der Waals surface area (Å²) < 4.78 is 17.0. The molecule has 0 amide bonds. The molecule has 3 unspecified atom stereocenters. The number of alkyl halides is 1. The Morgan fingerprint density at radius 1 is 1.28 bits per heavy atom. The molecule has 0 heterocycles. The zero-order valence-electron chi connectivity index (χ0n) is 18.0. The van der Waals surface area contributed by atoms with Crippen molar-refractivity contribution in [2.45, 2.75) is 78.2 Å². The number of carbonyl (C=O) groups is 2. The monoisotopic (exact) mass is 404 g/mol. The van der Waals surface area contributed by atoms with E-state index in [1.54, 1.807) is 13.0 Å². The number of carbonyl (C=O) groups excluding carboxylic acids is 2. The summed E-state index contributed by atoms with van der Waals surface area (Å²) in [6.07, 6.45) is 4.34. The number of aliphatic hydroxyl groups excluding tert-OH is 2. The van der Waals surface area contributed by atoms with Crippen LogP contribution in [0.2, 0.25) is 0 Å². The van der Waals surface area contributed by atoms with Crippen LogP contribution in [-0.4, -0.2) is 39.7 Å².